The van der Waals surface area contributed by atoms with Crippen molar-refractivity contribution in [1.82, 2.24) is 5.32 Å². The zero-order chi connectivity index (χ0) is 18.7. The summed E-state index contributed by atoms with van der Waals surface area (Å²) in [6.45, 7) is 3.91. The number of rotatable bonds is 11. The minimum Gasteiger partial charge on any atom is -0.467 e. The first-order valence-electron chi connectivity index (χ1n) is 7.91. The van der Waals surface area contributed by atoms with E-state index >= 15 is 0 Å². The van der Waals surface area contributed by atoms with Gasteiger partial charge in [0.15, 0.2) is 0 Å². The van der Waals surface area contributed by atoms with Crippen LogP contribution in [0.4, 0.5) is 0 Å². The van der Waals surface area contributed by atoms with Crippen LogP contribution in [0.5, 0.6) is 0 Å². The Hall–Kier alpha value is -1.95. The average molecular weight is 369 g/mol. The minimum atomic E-state index is -3.39. The van der Waals surface area contributed by atoms with Gasteiger partial charge in [-0.1, -0.05) is 30.3 Å². The van der Waals surface area contributed by atoms with Crippen LogP contribution < -0.4 is 5.32 Å². The van der Waals surface area contributed by atoms with Gasteiger partial charge in [0, 0.05) is 0 Å². The van der Waals surface area contributed by atoms with Gasteiger partial charge in [0.05, 0.1) is 26.5 Å². The zero-order valence-electron chi connectivity index (χ0n) is 14.6. The van der Waals surface area contributed by atoms with E-state index in [2.05, 4.69) is 5.32 Å². The lowest BCUT2D eigenvalue weighted by atomic mass is 10.0. The molecule has 0 aliphatic rings. The third kappa shape index (κ3) is 6.82. The van der Waals surface area contributed by atoms with E-state index in [0.717, 1.165) is 5.56 Å². The molecule has 0 aliphatic carbocycles. The Morgan fingerprint density at radius 3 is 2.28 bits per heavy atom. The molecule has 138 valence electrons. The monoisotopic (exact) mass is 369 g/mol. The summed E-state index contributed by atoms with van der Waals surface area (Å²) in [5.41, 5.74) is 1.29. The van der Waals surface area contributed by atoms with E-state index in [9.17, 15) is 14.2 Å². The van der Waals surface area contributed by atoms with Crippen LogP contribution in [-0.4, -0.2) is 44.9 Å². The molecule has 0 spiro atoms. The smallest absolute Gasteiger partial charge is 0.335 e. The number of benzene rings is 1. The lowest BCUT2D eigenvalue weighted by Gasteiger charge is -2.20. The maximum atomic E-state index is 12.9. The van der Waals surface area contributed by atoms with Crippen molar-refractivity contribution in [2.24, 2.45) is 0 Å². The first kappa shape index (κ1) is 21.1. The Morgan fingerprint density at radius 2 is 1.80 bits per heavy atom. The SMILES string of the molecule is CCOP(=O)(C/C(=C/C(NC=O)C(=O)OC)c1ccccc1)OCC. The summed E-state index contributed by atoms with van der Waals surface area (Å²) in [5, 5.41) is 2.38. The second-order valence-electron chi connectivity index (χ2n) is 4.95. The van der Waals surface area contributed by atoms with Crippen LogP contribution in [0.25, 0.3) is 5.57 Å². The molecule has 1 unspecified atom stereocenters. The van der Waals surface area contributed by atoms with E-state index < -0.39 is 19.6 Å². The van der Waals surface area contributed by atoms with E-state index in [0.29, 0.717) is 12.0 Å². The molecule has 0 saturated carbocycles. The van der Waals surface area contributed by atoms with Gasteiger partial charge in [0.1, 0.15) is 6.04 Å². The Labute approximate surface area is 147 Å². The second-order valence-corrected chi connectivity index (χ2v) is 7.00. The lowest BCUT2D eigenvalue weighted by Crippen LogP contribution is -2.35. The number of esters is 1. The van der Waals surface area contributed by atoms with E-state index in [1.54, 1.807) is 13.8 Å². The third-order valence-electron chi connectivity index (χ3n) is 3.23. The van der Waals surface area contributed by atoms with Crippen molar-refractivity contribution < 1.29 is 27.9 Å². The molecule has 0 aromatic heterocycles. The Kier molecular flexibility index (Phi) is 9.13. The topological polar surface area (TPSA) is 90.9 Å². The normalized spacial score (nSPS) is 13.2. The van der Waals surface area contributed by atoms with Gasteiger partial charge < -0.3 is 19.1 Å². The first-order valence-corrected chi connectivity index (χ1v) is 9.64. The minimum absolute atomic E-state index is 0.0350. The predicted molar refractivity (Wildman–Crippen MR) is 95.1 cm³/mol. The highest BCUT2D eigenvalue weighted by Gasteiger charge is 2.27. The molecule has 1 aromatic rings. The van der Waals surface area contributed by atoms with E-state index in [4.69, 9.17) is 13.8 Å². The Balaban J connectivity index is 3.28. The number of hydrogen-bond acceptors (Lipinski definition) is 6. The van der Waals surface area contributed by atoms with Crippen molar-refractivity contribution in [2.75, 3.05) is 26.5 Å². The van der Waals surface area contributed by atoms with Crippen LogP contribution in [0.2, 0.25) is 0 Å². The molecule has 7 nitrogen and oxygen atoms in total. The van der Waals surface area contributed by atoms with E-state index in [-0.39, 0.29) is 19.4 Å². The summed E-state index contributed by atoms with van der Waals surface area (Å²) in [7, 11) is -2.17. The number of methoxy groups -OCH3 is 1. The molecule has 1 atom stereocenters. The molecular weight excluding hydrogens is 345 g/mol. The number of nitrogens with one attached hydrogen (secondary N) is 1. The fraction of sp³-hybridized carbons (Fsp3) is 0.412. The summed E-state index contributed by atoms with van der Waals surface area (Å²) < 4.78 is 28.2. The summed E-state index contributed by atoms with van der Waals surface area (Å²) in [5.74, 6) is -0.636. The van der Waals surface area contributed by atoms with Gasteiger partial charge in [-0.25, -0.2) is 4.79 Å². The zero-order valence-corrected chi connectivity index (χ0v) is 15.5. The summed E-state index contributed by atoms with van der Waals surface area (Å²) >= 11 is 0. The number of amides is 1. The number of carbonyl (C=O) groups is 2. The highest BCUT2D eigenvalue weighted by molar-refractivity contribution is 7.54. The molecule has 0 heterocycles. The molecule has 25 heavy (non-hydrogen) atoms. The lowest BCUT2D eigenvalue weighted by molar-refractivity contribution is -0.142. The molecule has 0 fully saturated rings. The van der Waals surface area contributed by atoms with Crippen molar-refractivity contribution in [3.63, 3.8) is 0 Å². The van der Waals surface area contributed by atoms with Crippen LogP contribution in [0, 0.1) is 0 Å². The van der Waals surface area contributed by atoms with Gasteiger partial charge in [-0.05, 0) is 31.1 Å². The van der Waals surface area contributed by atoms with E-state index in [1.165, 1.54) is 13.2 Å². The van der Waals surface area contributed by atoms with E-state index in [1.807, 2.05) is 30.3 Å². The standard InChI is InChI=1S/C17H24NO6P/c1-4-23-25(21,24-5-2)12-15(14-9-7-6-8-10-14)11-16(18-13-19)17(20)22-3/h6-11,13,16H,4-5,12H2,1-3H3,(H,18,19)/b15-11-. The molecule has 8 heteroatoms. The predicted octanol–water partition coefficient (Wildman–Crippen LogP) is 2.62. The van der Waals surface area contributed by atoms with Gasteiger partial charge in [-0.2, -0.15) is 0 Å². The molecule has 0 aliphatic heterocycles. The largest absolute Gasteiger partial charge is 0.467 e. The van der Waals surface area contributed by atoms with Crippen LogP contribution in [-0.2, 0) is 27.9 Å². The van der Waals surface area contributed by atoms with Crippen molar-refractivity contribution in [3.8, 4) is 0 Å². The van der Waals surface area contributed by atoms with Crippen molar-refractivity contribution in [2.45, 2.75) is 19.9 Å². The Bertz CT molecular complexity index is 621. The summed E-state index contributed by atoms with van der Waals surface area (Å²) in [6.07, 6.45) is 1.87. The van der Waals surface area contributed by atoms with Gasteiger partial charge in [0.2, 0.25) is 6.41 Å². The molecule has 1 aromatic carbocycles. The molecule has 0 radical (unpaired) electrons. The van der Waals surface area contributed by atoms with Crippen LogP contribution in [0.1, 0.15) is 19.4 Å². The quantitative estimate of drug-likeness (QED) is 0.366. The first-order chi connectivity index (χ1) is 12.0. The number of allylic oxidation sites excluding steroid dienone is 1. The fourth-order valence-electron chi connectivity index (χ4n) is 2.21. The van der Waals surface area contributed by atoms with Crippen molar-refractivity contribution >= 4 is 25.5 Å². The number of carbonyl (C=O) groups excluding carboxylic acids is 2. The summed E-state index contributed by atoms with van der Waals surface area (Å²) in [4.78, 5) is 22.7. The highest BCUT2D eigenvalue weighted by Crippen LogP contribution is 2.51. The maximum Gasteiger partial charge on any atom is 0.335 e. The third-order valence-corrected chi connectivity index (χ3v) is 5.26. The molecule has 1 rings (SSSR count). The van der Waals surface area contributed by atoms with Crippen LogP contribution >= 0.6 is 7.60 Å². The average Bonchev–Trinajstić information content (AvgIpc) is 2.61. The van der Waals surface area contributed by atoms with Gasteiger partial charge in [-0.3, -0.25) is 9.36 Å². The van der Waals surface area contributed by atoms with Gasteiger partial charge in [0.25, 0.3) is 0 Å². The molecule has 0 bridgehead atoms. The number of hydrogen-bond donors (Lipinski definition) is 1. The van der Waals surface area contributed by atoms with Crippen molar-refractivity contribution in [3.05, 3.63) is 42.0 Å². The highest BCUT2D eigenvalue weighted by atomic mass is 31.2. The number of ether oxygens (including phenoxy) is 1. The molecule has 1 amide bonds. The molecule has 0 saturated heterocycles. The fourth-order valence-corrected chi connectivity index (χ4v) is 3.96. The maximum absolute atomic E-state index is 12.9. The van der Waals surface area contributed by atoms with Crippen molar-refractivity contribution in [1.29, 1.82) is 0 Å². The van der Waals surface area contributed by atoms with Crippen LogP contribution in [0.3, 0.4) is 0 Å². The second kappa shape index (κ2) is 10.8. The Morgan fingerprint density at radius 1 is 1.20 bits per heavy atom. The summed E-state index contributed by atoms with van der Waals surface area (Å²) in [6, 6.07) is 8.08. The van der Waals surface area contributed by atoms with Crippen LogP contribution in [0.15, 0.2) is 36.4 Å². The van der Waals surface area contributed by atoms with Gasteiger partial charge >= 0.3 is 13.6 Å². The molecule has 1 N–H and O–H groups in total. The molecular formula is C17H24NO6P. The van der Waals surface area contributed by atoms with Gasteiger partial charge in [-0.15, -0.1) is 0 Å².